The van der Waals surface area contributed by atoms with E-state index < -0.39 is 0 Å². The summed E-state index contributed by atoms with van der Waals surface area (Å²) in [5.41, 5.74) is 0.173. The fourth-order valence-corrected chi connectivity index (χ4v) is 3.80. The van der Waals surface area contributed by atoms with Crippen LogP contribution in [0.25, 0.3) is 0 Å². The van der Waals surface area contributed by atoms with E-state index in [1.54, 1.807) is 7.11 Å². The van der Waals surface area contributed by atoms with Gasteiger partial charge in [0.05, 0.1) is 6.10 Å². The maximum absolute atomic E-state index is 9.78. The van der Waals surface area contributed by atoms with Gasteiger partial charge in [-0.15, -0.1) is 0 Å². The predicted molar refractivity (Wildman–Crippen MR) is 90.4 cm³/mol. The van der Waals surface area contributed by atoms with Crippen LogP contribution in [-0.4, -0.2) is 24.9 Å². The van der Waals surface area contributed by atoms with Crippen LogP contribution in [-0.2, 0) is 4.74 Å². The lowest BCUT2D eigenvalue weighted by Gasteiger charge is -2.45. The SMILES string of the molecule is CCCCCCCC=C[C@H]1CCC(C)(C)[C@H](OC)[C@H]1CO. The maximum atomic E-state index is 9.78. The molecule has 0 aromatic carbocycles. The minimum Gasteiger partial charge on any atom is -0.396 e. The van der Waals surface area contributed by atoms with Crippen LogP contribution in [0.1, 0.15) is 72.1 Å². The van der Waals surface area contributed by atoms with Crippen LogP contribution in [0.15, 0.2) is 12.2 Å². The van der Waals surface area contributed by atoms with Gasteiger partial charge in [-0.25, -0.2) is 0 Å². The van der Waals surface area contributed by atoms with Crippen LogP contribution < -0.4 is 0 Å². The summed E-state index contributed by atoms with van der Waals surface area (Å²) in [6, 6.07) is 0. The van der Waals surface area contributed by atoms with Crippen molar-refractivity contribution < 1.29 is 9.84 Å². The van der Waals surface area contributed by atoms with Gasteiger partial charge < -0.3 is 9.84 Å². The Balaban J connectivity index is 2.43. The van der Waals surface area contributed by atoms with Gasteiger partial charge in [0.15, 0.2) is 0 Å². The normalized spacial score (nSPS) is 29.1. The zero-order chi connectivity index (χ0) is 15.7. The Morgan fingerprint density at radius 2 is 1.90 bits per heavy atom. The Kier molecular flexibility index (Phi) is 8.58. The highest BCUT2D eigenvalue weighted by molar-refractivity contribution is 5.01. The van der Waals surface area contributed by atoms with Crippen LogP contribution in [0.2, 0.25) is 0 Å². The van der Waals surface area contributed by atoms with Crippen LogP contribution in [0.4, 0.5) is 0 Å². The first-order valence-electron chi connectivity index (χ1n) is 8.87. The molecule has 1 N–H and O–H groups in total. The van der Waals surface area contributed by atoms with Gasteiger partial charge in [-0.05, 0) is 37.0 Å². The Hall–Kier alpha value is -0.340. The van der Waals surface area contributed by atoms with E-state index in [1.165, 1.54) is 51.4 Å². The molecule has 0 aromatic heterocycles. The van der Waals surface area contributed by atoms with Crippen LogP contribution in [0, 0.1) is 17.3 Å². The van der Waals surface area contributed by atoms with Crippen LogP contribution >= 0.6 is 0 Å². The molecule has 0 bridgehead atoms. The number of hydrogen-bond acceptors (Lipinski definition) is 2. The molecular weight excluding hydrogens is 260 g/mol. The standard InChI is InChI=1S/C19H36O2/c1-5-6-7-8-9-10-11-12-16-13-14-19(2,3)18(21-4)17(16)15-20/h11-12,16-18,20H,5-10,13-15H2,1-4H3/t16-,17-,18+/m0/s1. The molecule has 0 saturated heterocycles. The Labute approximate surface area is 132 Å². The monoisotopic (exact) mass is 296 g/mol. The largest absolute Gasteiger partial charge is 0.396 e. The highest BCUT2D eigenvalue weighted by atomic mass is 16.5. The quantitative estimate of drug-likeness (QED) is 0.481. The summed E-state index contributed by atoms with van der Waals surface area (Å²) in [6.45, 7) is 7.01. The average molecular weight is 296 g/mol. The fourth-order valence-electron chi connectivity index (χ4n) is 3.80. The van der Waals surface area contributed by atoms with Crippen molar-refractivity contribution in [2.45, 2.75) is 78.2 Å². The topological polar surface area (TPSA) is 29.5 Å². The lowest BCUT2D eigenvalue weighted by Crippen LogP contribution is -2.46. The molecule has 1 aliphatic rings. The van der Waals surface area contributed by atoms with Gasteiger partial charge in [0.25, 0.3) is 0 Å². The highest BCUT2D eigenvalue weighted by Crippen LogP contribution is 2.44. The van der Waals surface area contributed by atoms with Crippen molar-refractivity contribution in [1.29, 1.82) is 0 Å². The third-order valence-electron chi connectivity index (χ3n) is 5.15. The third-order valence-corrected chi connectivity index (χ3v) is 5.15. The second-order valence-corrected chi connectivity index (χ2v) is 7.32. The first-order chi connectivity index (χ1) is 10.1. The van der Waals surface area contributed by atoms with E-state index >= 15 is 0 Å². The number of hydrogen-bond donors (Lipinski definition) is 1. The molecule has 0 radical (unpaired) electrons. The van der Waals surface area contributed by atoms with Crippen molar-refractivity contribution in [3.05, 3.63) is 12.2 Å². The summed E-state index contributed by atoms with van der Waals surface area (Å²) in [6.07, 6.45) is 15.1. The average Bonchev–Trinajstić information content (AvgIpc) is 2.46. The van der Waals surface area contributed by atoms with Gasteiger partial charge >= 0.3 is 0 Å². The van der Waals surface area contributed by atoms with Gasteiger partial charge in [0, 0.05) is 19.6 Å². The number of ether oxygens (including phenoxy) is 1. The fraction of sp³-hybridized carbons (Fsp3) is 0.895. The number of allylic oxidation sites excluding steroid dienone is 2. The number of aliphatic hydroxyl groups excluding tert-OH is 1. The summed E-state index contributed by atoms with van der Waals surface area (Å²) >= 11 is 0. The molecule has 0 amide bonds. The van der Waals surface area contributed by atoms with Crippen molar-refractivity contribution in [2.24, 2.45) is 17.3 Å². The lowest BCUT2D eigenvalue weighted by atomic mass is 9.65. The minimum absolute atomic E-state index is 0.162. The second-order valence-electron chi connectivity index (χ2n) is 7.32. The van der Waals surface area contributed by atoms with E-state index in [0.717, 1.165) is 0 Å². The van der Waals surface area contributed by atoms with Crippen LogP contribution in [0.5, 0.6) is 0 Å². The summed E-state index contributed by atoms with van der Waals surface area (Å²) in [5.74, 6) is 0.721. The molecule has 1 aliphatic carbocycles. The number of methoxy groups -OCH3 is 1. The molecule has 2 heteroatoms. The number of unbranched alkanes of at least 4 members (excludes halogenated alkanes) is 5. The van der Waals surface area contributed by atoms with E-state index in [9.17, 15) is 5.11 Å². The van der Waals surface area contributed by atoms with Crippen molar-refractivity contribution in [2.75, 3.05) is 13.7 Å². The van der Waals surface area contributed by atoms with Gasteiger partial charge in [-0.3, -0.25) is 0 Å². The molecule has 0 aliphatic heterocycles. The van der Waals surface area contributed by atoms with Crippen LogP contribution in [0.3, 0.4) is 0 Å². The second kappa shape index (κ2) is 9.63. The summed E-state index contributed by atoms with van der Waals surface area (Å²) in [7, 11) is 1.79. The van der Waals surface area contributed by atoms with E-state index in [1.807, 2.05) is 0 Å². The molecule has 21 heavy (non-hydrogen) atoms. The smallest absolute Gasteiger partial charge is 0.0677 e. The highest BCUT2D eigenvalue weighted by Gasteiger charge is 2.42. The zero-order valence-electron chi connectivity index (χ0n) is 14.6. The summed E-state index contributed by atoms with van der Waals surface area (Å²) < 4.78 is 5.72. The van der Waals surface area contributed by atoms with Gasteiger partial charge in [0.1, 0.15) is 0 Å². The molecule has 2 nitrogen and oxygen atoms in total. The number of aliphatic hydroxyl groups is 1. The van der Waals surface area contributed by atoms with E-state index in [0.29, 0.717) is 5.92 Å². The van der Waals surface area contributed by atoms with E-state index in [2.05, 4.69) is 32.9 Å². The molecule has 124 valence electrons. The third kappa shape index (κ3) is 5.75. The minimum atomic E-state index is 0.162. The first-order valence-corrected chi connectivity index (χ1v) is 8.87. The molecule has 0 heterocycles. The molecule has 1 fully saturated rings. The van der Waals surface area contributed by atoms with E-state index in [-0.39, 0.29) is 24.0 Å². The molecule has 0 spiro atoms. The first kappa shape index (κ1) is 18.7. The summed E-state index contributed by atoms with van der Waals surface area (Å²) in [5, 5.41) is 9.78. The van der Waals surface area contributed by atoms with Gasteiger partial charge in [-0.1, -0.05) is 58.6 Å². The molecule has 1 rings (SSSR count). The van der Waals surface area contributed by atoms with Gasteiger partial charge in [0.2, 0.25) is 0 Å². The Morgan fingerprint density at radius 3 is 2.52 bits per heavy atom. The van der Waals surface area contributed by atoms with Crippen molar-refractivity contribution in [3.63, 3.8) is 0 Å². The molecule has 0 unspecified atom stereocenters. The maximum Gasteiger partial charge on any atom is 0.0677 e. The van der Waals surface area contributed by atoms with Crippen molar-refractivity contribution in [1.82, 2.24) is 0 Å². The van der Waals surface area contributed by atoms with Gasteiger partial charge in [-0.2, -0.15) is 0 Å². The molecule has 1 saturated carbocycles. The van der Waals surface area contributed by atoms with Crippen molar-refractivity contribution in [3.8, 4) is 0 Å². The Bertz CT molecular complexity index is 296. The Morgan fingerprint density at radius 1 is 1.19 bits per heavy atom. The molecule has 0 aromatic rings. The molecular formula is C19H36O2. The predicted octanol–water partition coefficient (Wildman–Crippen LogP) is 4.96. The summed E-state index contributed by atoms with van der Waals surface area (Å²) in [4.78, 5) is 0. The lowest BCUT2D eigenvalue weighted by molar-refractivity contribution is -0.0913. The zero-order valence-corrected chi connectivity index (χ0v) is 14.6. The number of rotatable bonds is 9. The van der Waals surface area contributed by atoms with E-state index in [4.69, 9.17) is 4.74 Å². The van der Waals surface area contributed by atoms with Crippen molar-refractivity contribution >= 4 is 0 Å². The molecule has 3 atom stereocenters.